The number of aromatic nitrogens is 1. The van der Waals surface area contributed by atoms with Crippen LogP contribution in [0.1, 0.15) is 26.3 Å². The number of carbonyl (C=O) groups is 3. The van der Waals surface area contributed by atoms with Gasteiger partial charge in [0.05, 0.1) is 15.6 Å². The molecular formula is C23H16Cl2N2O6. The molecule has 10 heteroatoms. The summed E-state index contributed by atoms with van der Waals surface area (Å²) < 4.78 is 16.1. The van der Waals surface area contributed by atoms with Crippen molar-refractivity contribution in [3.8, 4) is 11.5 Å². The van der Waals surface area contributed by atoms with Gasteiger partial charge in [-0.05, 0) is 30.3 Å². The fraction of sp³-hybridized carbons (Fsp3) is 0.130. The van der Waals surface area contributed by atoms with Crippen molar-refractivity contribution >= 4 is 46.7 Å². The van der Waals surface area contributed by atoms with Crippen LogP contribution in [0.5, 0.6) is 11.5 Å². The molecule has 0 atom stereocenters. The Hall–Kier alpha value is -3.62. The van der Waals surface area contributed by atoms with Gasteiger partial charge in [-0.2, -0.15) is 0 Å². The maximum Gasteiger partial charge on any atom is 0.339 e. The maximum absolute atomic E-state index is 13.1. The zero-order chi connectivity index (χ0) is 23.4. The van der Waals surface area contributed by atoms with E-state index in [0.29, 0.717) is 35.3 Å². The highest BCUT2D eigenvalue weighted by Gasteiger charge is 2.22. The zero-order valence-electron chi connectivity index (χ0n) is 17.0. The summed E-state index contributed by atoms with van der Waals surface area (Å²) in [4.78, 5) is 41.8. The van der Waals surface area contributed by atoms with Gasteiger partial charge in [-0.25, -0.2) is 9.78 Å². The van der Waals surface area contributed by atoms with E-state index in [0.717, 1.165) is 0 Å². The number of benzene rings is 2. The van der Waals surface area contributed by atoms with Crippen LogP contribution in [-0.2, 0) is 9.53 Å². The molecule has 0 saturated heterocycles. The molecule has 0 aliphatic carbocycles. The highest BCUT2D eigenvalue weighted by atomic mass is 35.5. The minimum atomic E-state index is -0.832. The molecule has 0 fully saturated rings. The molecule has 3 aromatic rings. The first-order valence-electron chi connectivity index (χ1n) is 9.74. The largest absolute Gasteiger partial charge is 0.486 e. The Kier molecular flexibility index (Phi) is 6.76. The summed E-state index contributed by atoms with van der Waals surface area (Å²) in [5.41, 5.74) is 0.468. The van der Waals surface area contributed by atoms with Crippen LogP contribution in [0.2, 0.25) is 10.0 Å². The minimum absolute atomic E-state index is 0.0211. The SMILES string of the molecule is O=C(COC(=O)c1ccccc1C(=O)c1ccc2c(c1)OCCO2)Nc1ncc(Cl)cc1Cl. The van der Waals surface area contributed by atoms with Crippen molar-refractivity contribution in [1.82, 2.24) is 4.98 Å². The van der Waals surface area contributed by atoms with E-state index < -0.39 is 24.3 Å². The van der Waals surface area contributed by atoms with Crippen molar-refractivity contribution in [1.29, 1.82) is 0 Å². The van der Waals surface area contributed by atoms with E-state index in [2.05, 4.69) is 10.3 Å². The van der Waals surface area contributed by atoms with Crippen LogP contribution in [0, 0.1) is 0 Å². The van der Waals surface area contributed by atoms with Gasteiger partial charge in [-0.15, -0.1) is 0 Å². The van der Waals surface area contributed by atoms with Crippen LogP contribution >= 0.6 is 23.2 Å². The number of halogens is 2. The number of rotatable bonds is 6. The first-order chi connectivity index (χ1) is 15.9. The van der Waals surface area contributed by atoms with Gasteiger partial charge >= 0.3 is 5.97 Å². The number of carbonyl (C=O) groups excluding carboxylic acids is 3. The quantitative estimate of drug-likeness (QED) is 0.411. The Morgan fingerprint density at radius 2 is 1.70 bits per heavy atom. The van der Waals surface area contributed by atoms with Crippen LogP contribution in [0.4, 0.5) is 5.82 Å². The average molecular weight is 487 g/mol. The summed E-state index contributed by atoms with van der Waals surface area (Å²) in [7, 11) is 0. The van der Waals surface area contributed by atoms with Gasteiger partial charge in [0.2, 0.25) is 0 Å². The van der Waals surface area contributed by atoms with Crippen LogP contribution < -0.4 is 14.8 Å². The monoisotopic (exact) mass is 486 g/mol. The second kappa shape index (κ2) is 9.89. The molecule has 1 aliphatic heterocycles. The third-order valence-electron chi connectivity index (χ3n) is 4.60. The second-order valence-electron chi connectivity index (χ2n) is 6.84. The highest BCUT2D eigenvalue weighted by molar-refractivity contribution is 6.36. The number of nitrogens with one attached hydrogen (secondary N) is 1. The summed E-state index contributed by atoms with van der Waals surface area (Å²) in [6, 6.07) is 12.4. The molecule has 4 rings (SSSR count). The number of esters is 1. The number of fused-ring (bicyclic) bond motifs is 1. The molecule has 2 heterocycles. The molecule has 1 aromatic heterocycles. The van der Waals surface area contributed by atoms with Crippen molar-refractivity contribution in [2.75, 3.05) is 25.1 Å². The summed E-state index contributed by atoms with van der Waals surface area (Å²) >= 11 is 11.7. The predicted octanol–water partition coefficient (Wildman–Crippen LogP) is 4.19. The lowest BCUT2D eigenvalue weighted by Crippen LogP contribution is -2.22. The first-order valence-corrected chi connectivity index (χ1v) is 10.5. The van der Waals surface area contributed by atoms with Gasteiger partial charge in [-0.3, -0.25) is 9.59 Å². The predicted molar refractivity (Wildman–Crippen MR) is 120 cm³/mol. The zero-order valence-corrected chi connectivity index (χ0v) is 18.5. The van der Waals surface area contributed by atoms with E-state index >= 15 is 0 Å². The molecule has 1 aliphatic rings. The van der Waals surface area contributed by atoms with Gasteiger partial charge in [0.15, 0.2) is 29.7 Å². The first kappa shape index (κ1) is 22.6. The van der Waals surface area contributed by atoms with Gasteiger partial charge in [0.25, 0.3) is 5.91 Å². The summed E-state index contributed by atoms with van der Waals surface area (Å²) in [5, 5.41) is 2.87. The van der Waals surface area contributed by atoms with Crippen LogP contribution in [0.15, 0.2) is 54.7 Å². The smallest absolute Gasteiger partial charge is 0.339 e. The lowest BCUT2D eigenvalue weighted by atomic mass is 9.98. The summed E-state index contributed by atoms with van der Waals surface area (Å²) in [6.07, 6.45) is 1.31. The number of ketones is 1. The Balaban J connectivity index is 1.46. The van der Waals surface area contributed by atoms with E-state index in [-0.39, 0.29) is 22.0 Å². The Bertz CT molecular complexity index is 1250. The topological polar surface area (TPSA) is 104 Å². The molecule has 1 amide bonds. The fourth-order valence-corrected chi connectivity index (χ4v) is 3.51. The van der Waals surface area contributed by atoms with E-state index in [9.17, 15) is 14.4 Å². The molecule has 0 bridgehead atoms. The molecule has 8 nitrogen and oxygen atoms in total. The van der Waals surface area contributed by atoms with Gasteiger partial charge in [0.1, 0.15) is 13.2 Å². The van der Waals surface area contributed by atoms with Crippen LogP contribution in [0.25, 0.3) is 0 Å². The van der Waals surface area contributed by atoms with Crippen molar-refractivity contribution in [3.63, 3.8) is 0 Å². The number of anilines is 1. The number of hydrogen-bond donors (Lipinski definition) is 1. The third kappa shape index (κ3) is 5.24. The Morgan fingerprint density at radius 1 is 0.970 bits per heavy atom. The normalized spacial score (nSPS) is 12.1. The Morgan fingerprint density at radius 3 is 2.45 bits per heavy atom. The van der Waals surface area contributed by atoms with Crippen molar-refractivity contribution < 1.29 is 28.6 Å². The van der Waals surface area contributed by atoms with E-state index in [1.807, 2.05) is 0 Å². The Labute approximate surface area is 198 Å². The molecule has 1 N–H and O–H groups in total. The van der Waals surface area contributed by atoms with Crippen LogP contribution in [-0.4, -0.2) is 42.5 Å². The van der Waals surface area contributed by atoms with E-state index in [4.69, 9.17) is 37.4 Å². The molecule has 168 valence electrons. The maximum atomic E-state index is 13.1. The summed E-state index contributed by atoms with van der Waals surface area (Å²) in [5.74, 6) is -0.806. The molecule has 0 unspecified atom stereocenters. The highest BCUT2D eigenvalue weighted by Crippen LogP contribution is 2.31. The number of pyridine rings is 1. The number of amides is 1. The molecular weight excluding hydrogens is 471 g/mol. The number of ether oxygens (including phenoxy) is 3. The van der Waals surface area contributed by atoms with E-state index in [1.54, 1.807) is 30.3 Å². The average Bonchev–Trinajstić information content (AvgIpc) is 2.83. The fourth-order valence-electron chi connectivity index (χ4n) is 3.08. The number of hydrogen-bond acceptors (Lipinski definition) is 7. The lowest BCUT2D eigenvalue weighted by Gasteiger charge is -2.18. The van der Waals surface area contributed by atoms with Crippen molar-refractivity contribution in [2.24, 2.45) is 0 Å². The van der Waals surface area contributed by atoms with Crippen molar-refractivity contribution in [3.05, 3.63) is 81.5 Å². The standard InChI is InChI=1S/C23H16Cl2N2O6/c24-14-10-17(25)22(26-11-14)27-20(28)12-33-23(30)16-4-2-1-3-15(16)21(29)13-5-6-18-19(9-13)32-8-7-31-18/h1-6,9-11H,7-8,12H2,(H,26,27,28). The molecule has 0 radical (unpaired) electrons. The third-order valence-corrected chi connectivity index (χ3v) is 5.09. The van der Waals surface area contributed by atoms with Crippen LogP contribution in [0.3, 0.4) is 0 Å². The lowest BCUT2D eigenvalue weighted by molar-refractivity contribution is -0.119. The van der Waals surface area contributed by atoms with Gasteiger partial charge < -0.3 is 19.5 Å². The summed E-state index contributed by atoms with van der Waals surface area (Å²) in [6.45, 7) is 0.210. The van der Waals surface area contributed by atoms with E-state index in [1.165, 1.54) is 24.4 Å². The minimum Gasteiger partial charge on any atom is -0.486 e. The molecule has 0 saturated carbocycles. The molecule has 2 aromatic carbocycles. The molecule has 0 spiro atoms. The van der Waals surface area contributed by atoms with Gasteiger partial charge in [0, 0.05) is 17.3 Å². The van der Waals surface area contributed by atoms with Crippen molar-refractivity contribution in [2.45, 2.75) is 0 Å². The second-order valence-corrected chi connectivity index (χ2v) is 7.69. The molecule has 33 heavy (non-hydrogen) atoms. The van der Waals surface area contributed by atoms with Gasteiger partial charge in [-0.1, -0.05) is 41.4 Å². The number of nitrogens with zero attached hydrogens (tertiary/aromatic N) is 1.